The Kier molecular flexibility index (Phi) is 4.98. The number of aromatic nitrogens is 2. The summed E-state index contributed by atoms with van der Waals surface area (Å²) in [6.45, 7) is 4.57. The number of nitro groups is 1. The molecule has 0 atom stereocenters. The zero-order chi connectivity index (χ0) is 18.0. The lowest BCUT2D eigenvalue weighted by Gasteiger charge is -2.32. The van der Waals surface area contributed by atoms with E-state index in [1.807, 2.05) is 0 Å². The molecule has 1 aliphatic rings. The molecule has 134 valence electrons. The second kappa shape index (κ2) is 7.18. The molecule has 0 aliphatic carbocycles. The molecule has 2 heterocycles. The van der Waals surface area contributed by atoms with E-state index in [2.05, 4.69) is 21.8 Å². The molecule has 0 saturated carbocycles. The fourth-order valence-electron chi connectivity index (χ4n) is 3.59. The number of fused-ring (bicyclic) bond motifs is 1. The Balaban J connectivity index is 1.92. The number of piperidine rings is 1. The Morgan fingerprint density at radius 2 is 1.88 bits per heavy atom. The summed E-state index contributed by atoms with van der Waals surface area (Å²) in [7, 11) is 0. The first-order valence-corrected chi connectivity index (χ1v) is 8.64. The van der Waals surface area contributed by atoms with Crippen LogP contribution in [0.15, 0.2) is 21.7 Å². The van der Waals surface area contributed by atoms with Gasteiger partial charge in [0.05, 0.1) is 16.0 Å². The summed E-state index contributed by atoms with van der Waals surface area (Å²) in [6.07, 6.45) is 4.67. The molecule has 1 saturated heterocycles. The van der Waals surface area contributed by atoms with Gasteiger partial charge < -0.3 is 9.97 Å². The second-order valence-corrected chi connectivity index (χ2v) is 6.70. The number of hydrogen-bond donors (Lipinski definition) is 2. The highest BCUT2D eigenvalue weighted by atomic mass is 16.6. The number of benzene rings is 1. The third kappa shape index (κ3) is 3.79. The summed E-state index contributed by atoms with van der Waals surface area (Å²) in [6, 6.07) is 2.76. The summed E-state index contributed by atoms with van der Waals surface area (Å²) in [5.41, 5.74) is -0.235. The molecule has 1 fully saturated rings. The van der Waals surface area contributed by atoms with Crippen molar-refractivity contribution < 1.29 is 4.92 Å². The van der Waals surface area contributed by atoms with E-state index in [9.17, 15) is 19.7 Å². The molecule has 1 aromatic carbocycles. The lowest BCUT2D eigenvalue weighted by atomic mass is 9.92. The SMILES string of the molecule is CCCC1CCN(Cc2cc([N+](=O)[O-])cc3[nH]c(=O)c(=O)[nH]c23)CC1. The van der Waals surface area contributed by atoms with E-state index in [-0.39, 0.29) is 11.2 Å². The number of likely N-dealkylation sites (tertiary alicyclic amines) is 1. The third-order valence-electron chi connectivity index (χ3n) is 4.91. The van der Waals surface area contributed by atoms with Crippen LogP contribution < -0.4 is 11.1 Å². The molecule has 2 aromatic rings. The van der Waals surface area contributed by atoms with Gasteiger partial charge in [0.2, 0.25) is 0 Å². The van der Waals surface area contributed by atoms with Gasteiger partial charge >= 0.3 is 11.1 Å². The van der Waals surface area contributed by atoms with Crippen molar-refractivity contribution in [3.8, 4) is 0 Å². The van der Waals surface area contributed by atoms with Crippen LogP contribution in [0.2, 0.25) is 0 Å². The van der Waals surface area contributed by atoms with E-state index in [1.165, 1.54) is 25.0 Å². The second-order valence-electron chi connectivity index (χ2n) is 6.70. The summed E-state index contributed by atoms with van der Waals surface area (Å²) in [5.74, 6) is 0.749. The number of nitrogens with zero attached hydrogens (tertiary/aromatic N) is 2. The molecule has 0 radical (unpaired) electrons. The highest BCUT2D eigenvalue weighted by Gasteiger charge is 2.21. The number of rotatable bonds is 5. The van der Waals surface area contributed by atoms with E-state index in [0.717, 1.165) is 31.8 Å². The third-order valence-corrected chi connectivity index (χ3v) is 4.91. The molecule has 0 spiro atoms. The summed E-state index contributed by atoms with van der Waals surface area (Å²) in [5, 5.41) is 11.2. The Labute approximate surface area is 144 Å². The maximum absolute atomic E-state index is 11.7. The molecule has 3 rings (SSSR count). The van der Waals surface area contributed by atoms with Crippen LogP contribution in [-0.4, -0.2) is 32.9 Å². The van der Waals surface area contributed by atoms with Gasteiger partial charge in [-0.2, -0.15) is 0 Å². The number of nitrogens with one attached hydrogen (secondary N) is 2. The minimum Gasteiger partial charge on any atom is -0.316 e. The van der Waals surface area contributed by atoms with Crippen molar-refractivity contribution in [2.45, 2.75) is 39.2 Å². The van der Waals surface area contributed by atoms with Gasteiger partial charge in [0.15, 0.2) is 0 Å². The fourth-order valence-corrected chi connectivity index (χ4v) is 3.59. The number of nitro benzene ring substituents is 1. The highest BCUT2D eigenvalue weighted by Crippen LogP contribution is 2.26. The topological polar surface area (TPSA) is 112 Å². The van der Waals surface area contributed by atoms with Crippen LogP contribution in [0.4, 0.5) is 5.69 Å². The Morgan fingerprint density at radius 1 is 1.20 bits per heavy atom. The monoisotopic (exact) mass is 346 g/mol. The van der Waals surface area contributed by atoms with Crippen LogP contribution in [0.5, 0.6) is 0 Å². The molecule has 25 heavy (non-hydrogen) atoms. The van der Waals surface area contributed by atoms with Gasteiger partial charge in [0.25, 0.3) is 5.69 Å². The summed E-state index contributed by atoms with van der Waals surface area (Å²) >= 11 is 0. The molecule has 8 heteroatoms. The largest absolute Gasteiger partial charge is 0.316 e. The van der Waals surface area contributed by atoms with Gasteiger partial charge in [-0.05, 0) is 37.4 Å². The Hall–Kier alpha value is -2.48. The first kappa shape index (κ1) is 17.3. The van der Waals surface area contributed by atoms with Crippen molar-refractivity contribution in [2.24, 2.45) is 5.92 Å². The van der Waals surface area contributed by atoms with E-state index >= 15 is 0 Å². The smallest absolute Gasteiger partial charge is 0.314 e. The van der Waals surface area contributed by atoms with Crippen LogP contribution in [0.1, 0.15) is 38.2 Å². The summed E-state index contributed by atoms with van der Waals surface area (Å²) < 4.78 is 0. The Bertz CT molecular complexity index is 894. The first-order valence-electron chi connectivity index (χ1n) is 8.64. The zero-order valence-corrected chi connectivity index (χ0v) is 14.2. The molecule has 0 amide bonds. The molecule has 8 nitrogen and oxygen atoms in total. The van der Waals surface area contributed by atoms with Gasteiger partial charge in [0, 0.05) is 18.7 Å². The average Bonchev–Trinajstić information content (AvgIpc) is 2.58. The van der Waals surface area contributed by atoms with Crippen molar-refractivity contribution in [3.05, 3.63) is 48.5 Å². The van der Waals surface area contributed by atoms with Gasteiger partial charge in [-0.15, -0.1) is 0 Å². The molecule has 1 aliphatic heterocycles. The number of aromatic amines is 2. The zero-order valence-electron chi connectivity index (χ0n) is 14.2. The Morgan fingerprint density at radius 3 is 2.52 bits per heavy atom. The maximum Gasteiger partial charge on any atom is 0.314 e. The quantitative estimate of drug-likeness (QED) is 0.489. The lowest BCUT2D eigenvalue weighted by molar-refractivity contribution is -0.384. The van der Waals surface area contributed by atoms with Crippen LogP contribution >= 0.6 is 0 Å². The van der Waals surface area contributed by atoms with Crippen LogP contribution in [0, 0.1) is 16.0 Å². The molecule has 0 bridgehead atoms. The van der Waals surface area contributed by atoms with E-state index in [4.69, 9.17) is 0 Å². The van der Waals surface area contributed by atoms with Gasteiger partial charge in [0.1, 0.15) is 0 Å². The predicted octanol–water partition coefficient (Wildman–Crippen LogP) is 2.14. The predicted molar refractivity (Wildman–Crippen MR) is 94.8 cm³/mol. The molecule has 2 N–H and O–H groups in total. The van der Waals surface area contributed by atoms with Crippen molar-refractivity contribution in [2.75, 3.05) is 13.1 Å². The normalized spacial score (nSPS) is 16.4. The molecular weight excluding hydrogens is 324 g/mol. The first-order chi connectivity index (χ1) is 12.0. The average molecular weight is 346 g/mol. The van der Waals surface area contributed by atoms with E-state index < -0.39 is 16.0 Å². The van der Waals surface area contributed by atoms with Crippen molar-refractivity contribution >= 4 is 16.7 Å². The number of non-ortho nitro benzene ring substituents is 1. The van der Waals surface area contributed by atoms with Gasteiger partial charge in [-0.3, -0.25) is 24.6 Å². The standard InChI is InChI=1S/C17H22N4O4/c1-2-3-11-4-6-20(7-5-11)10-12-8-13(21(24)25)9-14-15(12)19-17(23)16(22)18-14/h8-9,11H,2-7,10H2,1H3,(H,18,22)(H,19,23). The number of hydrogen-bond acceptors (Lipinski definition) is 5. The van der Waals surface area contributed by atoms with Gasteiger partial charge in [-0.25, -0.2) is 0 Å². The maximum atomic E-state index is 11.7. The van der Waals surface area contributed by atoms with Crippen molar-refractivity contribution in [3.63, 3.8) is 0 Å². The molecule has 1 aromatic heterocycles. The minimum atomic E-state index is -0.806. The number of H-pyrrole nitrogens is 2. The minimum absolute atomic E-state index is 0.0916. The van der Waals surface area contributed by atoms with Crippen molar-refractivity contribution in [1.82, 2.24) is 14.9 Å². The van der Waals surface area contributed by atoms with Crippen molar-refractivity contribution in [1.29, 1.82) is 0 Å². The van der Waals surface area contributed by atoms with Crippen LogP contribution in [-0.2, 0) is 6.54 Å². The fraction of sp³-hybridized carbons (Fsp3) is 0.529. The molecular formula is C17H22N4O4. The molecule has 0 unspecified atom stereocenters. The lowest BCUT2D eigenvalue weighted by Crippen LogP contribution is -2.34. The van der Waals surface area contributed by atoms with Gasteiger partial charge in [-0.1, -0.05) is 19.8 Å². The van der Waals surface area contributed by atoms with E-state index in [1.54, 1.807) is 0 Å². The van der Waals surface area contributed by atoms with Crippen LogP contribution in [0.3, 0.4) is 0 Å². The van der Waals surface area contributed by atoms with Crippen LogP contribution in [0.25, 0.3) is 11.0 Å². The highest BCUT2D eigenvalue weighted by molar-refractivity contribution is 5.80. The van der Waals surface area contributed by atoms with E-state index in [0.29, 0.717) is 17.6 Å². The summed E-state index contributed by atoms with van der Waals surface area (Å²) in [4.78, 5) is 41.1.